The molecule has 1 N–H and O–H groups in total. The van der Waals surface area contributed by atoms with Gasteiger partial charge in [-0.05, 0) is 63.9 Å². The van der Waals surface area contributed by atoms with E-state index in [9.17, 15) is 13.2 Å². The lowest BCUT2D eigenvalue weighted by Crippen LogP contribution is -2.52. The van der Waals surface area contributed by atoms with Crippen molar-refractivity contribution in [1.29, 1.82) is 0 Å². The molecule has 7 rings (SSSR count). The lowest BCUT2D eigenvalue weighted by atomic mass is 9.87. The van der Waals surface area contributed by atoms with Crippen LogP contribution in [0.2, 0.25) is 0 Å². The number of ether oxygens (including phenoxy) is 1. The number of pyridine rings is 1. The molecule has 2 atom stereocenters. The molecule has 3 aromatic rings. The standard InChI is InChI=1S/C33H42F3N5O4S/c1-21-6-4-12-45-13-5-11-41-31-27(16-26(32(41)42)24-9-14-46(43,44)15-10-24)30(37-20-38-31)39-22(2)25-7-3-8-28(29(25)34)33(35,36)17-23-18-40(21)19-23/h3,7-8,16,20-24H,4-6,9-15,17-19H2,1-2H3,(H,37,38,39)/t21?,22-/m1/s1. The second-order valence-electron chi connectivity index (χ2n) is 13.2. The summed E-state index contributed by atoms with van der Waals surface area (Å²) in [6, 6.07) is 5.31. The van der Waals surface area contributed by atoms with Gasteiger partial charge in [-0.25, -0.2) is 31.6 Å². The van der Waals surface area contributed by atoms with Gasteiger partial charge in [-0.2, -0.15) is 0 Å². The van der Waals surface area contributed by atoms with E-state index >= 15 is 13.2 Å². The van der Waals surface area contributed by atoms with Crippen LogP contribution in [-0.4, -0.2) is 71.7 Å². The quantitative estimate of drug-likeness (QED) is 0.370. The average molecular weight is 662 g/mol. The van der Waals surface area contributed by atoms with Crippen molar-refractivity contribution >= 4 is 26.7 Å². The molecule has 2 aromatic heterocycles. The summed E-state index contributed by atoms with van der Waals surface area (Å²) >= 11 is 0. The van der Waals surface area contributed by atoms with Crippen molar-refractivity contribution in [2.24, 2.45) is 5.92 Å². The zero-order chi connectivity index (χ0) is 32.6. The lowest BCUT2D eigenvalue weighted by Gasteiger charge is -2.44. The maximum Gasteiger partial charge on any atom is 0.276 e. The van der Waals surface area contributed by atoms with Gasteiger partial charge in [0.2, 0.25) is 0 Å². The lowest BCUT2D eigenvalue weighted by molar-refractivity contribution is -0.0666. The van der Waals surface area contributed by atoms with Gasteiger partial charge in [0.05, 0.1) is 28.5 Å². The van der Waals surface area contributed by atoms with Crippen LogP contribution in [0.15, 0.2) is 35.4 Å². The number of nitrogens with zero attached hydrogens (tertiary/aromatic N) is 4. The maximum atomic E-state index is 15.9. The van der Waals surface area contributed by atoms with E-state index in [4.69, 9.17) is 4.74 Å². The van der Waals surface area contributed by atoms with E-state index in [0.29, 0.717) is 74.5 Å². The van der Waals surface area contributed by atoms with Crippen LogP contribution in [0.3, 0.4) is 0 Å². The van der Waals surface area contributed by atoms with Crippen molar-refractivity contribution in [2.45, 2.75) is 82.8 Å². The number of hydrogen-bond donors (Lipinski definition) is 1. The van der Waals surface area contributed by atoms with Gasteiger partial charge >= 0.3 is 0 Å². The van der Waals surface area contributed by atoms with Gasteiger partial charge in [-0.15, -0.1) is 0 Å². The fourth-order valence-corrected chi connectivity index (χ4v) is 8.62. The molecule has 0 amide bonds. The number of aromatic nitrogens is 3. The summed E-state index contributed by atoms with van der Waals surface area (Å²) in [5.74, 6) is -4.40. The molecule has 0 aliphatic carbocycles. The number of benzene rings is 1. The fraction of sp³-hybridized carbons (Fsp3) is 0.606. The van der Waals surface area contributed by atoms with Crippen LogP contribution in [0.5, 0.6) is 0 Å². The van der Waals surface area contributed by atoms with Crippen molar-refractivity contribution in [2.75, 3.05) is 43.1 Å². The molecule has 1 unspecified atom stereocenters. The van der Waals surface area contributed by atoms with Crippen molar-refractivity contribution < 1.29 is 26.3 Å². The third kappa shape index (κ3) is 6.82. The maximum absolute atomic E-state index is 15.9. The second-order valence-corrected chi connectivity index (χ2v) is 15.5. The largest absolute Gasteiger partial charge is 0.381 e. The number of sulfone groups is 1. The number of rotatable bonds is 1. The van der Waals surface area contributed by atoms with E-state index < -0.39 is 39.6 Å². The summed E-state index contributed by atoms with van der Waals surface area (Å²) in [5, 5.41) is 3.72. The Hall–Kier alpha value is -3.03. The third-order valence-corrected chi connectivity index (χ3v) is 11.6. The van der Waals surface area contributed by atoms with E-state index in [1.54, 1.807) is 17.6 Å². The molecule has 1 aromatic carbocycles. The van der Waals surface area contributed by atoms with Gasteiger partial charge in [0.25, 0.3) is 11.5 Å². The Kier molecular flexibility index (Phi) is 9.46. The smallest absolute Gasteiger partial charge is 0.276 e. The number of fused-ring (bicyclic) bond motifs is 9. The predicted molar refractivity (Wildman–Crippen MR) is 171 cm³/mol. The van der Waals surface area contributed by atoms with Crippen molar-refractivity contribution in [3.63, 3.8) is 0 Å². The number of anilines is 1. The van der Waals surface area contributed by atoms with Gasteiger partial charge in [0.15, 0.2) is 0 Å². The summed E-state index contributed by atoms with van der Waals surface area (Å²) < 4.78 is 78.8. The molecule has 0 radical (unpaired) electrons. The zero-order valence-corrected chi connectivity index (χ0v) is 27.2. The molecular formula is C33H42F3N5O4S. The first-order valence-corrected chi connectivity index (χ1v) is 18.1. The number of halogens is 3. The van der Waals surface area contributed by atoms with Crippen molar-refractivity contribution in [3.8, 4) is 0 Å². The van der Waals surface area contributed by atoms with Crippen LogP contribution in [0, 0.1) is 11.7 Å². The Balaban J connectivity index is 1.38. The minimum absolute atomic E-state index is 0.00773. The Bertz CT molecular complexity index is 1730. The van der Waals surface area contributed by atoms with Gasteiger partial charge < -0.3 is 15.0 Å². The first-order valence-electron chi connectivity index (χ1n) is 16.3. The Morgan fingerprint density at radius 1 is 1.02 bits per heavy atom. The molecule has 2 fully saturated rings. The Morgan fingerprint density at radius 2 is 1.76 bits per heavy atom. The topological polar surface area (TPSA) is 106 Å². The molecule has 250 valence electrons. The summed E-state index contributed by atoms with van der Waals surface area (Å²) in [6.45, 7) is 6.22. The highest BCUT2D eigenvalue weighted by Gasteiger charge is 2.42. The molecule has 6 heterocycles. The van der Waals surface area contributed by atoms with Gasteiger partial charge in [0.1, 0.15) is 33.4 Å². The first kappa shape index (κ1) is 32.9. The normalized spacial score (nSPS) is 27.6. The van der Waals surface area contributed by atoms with Gasteiger partial charge in [-0.3, -0.25) is 9.36 Å². The summed E-state index contributed by atoms with van der Waals surface area (Å²) in [7, 11) is -3.15. The molecular weight excluding hydrogens is 619 g/mol. The van der Waals surface area contributed by atoms with E-state index in [0.717, 1.165) is 12.8 Å². The van der Waals surface area contributed by atoms with Gasteiger partial charge in [0, 0.05) is 56.4 Å². The molecule has 13 heteroatoms. The zero-order valence-electron chi connectivity index (χ0n) is 26.4. The highest BCUT2D eigenvalue weighted by Crippen LogP contribution is 2.41. The number of alkyl halides is 2. The van der Waals surface area contributed by atoms with Crippen LogP contribution < -0.4 is 10.9 Å². The molecule has 4 aliphatic rings. The van der Waals surface area contributed by atoms with Crippen LogP contribution in [0.4, 0.5) is 19.0 Å². The number of hydrogen-bond acceptors (Lipinski definition) is 8. The van der Waals surface area contributed by atoms with Crippen molar-refractivity contribution in [1.82, 2.24) is 19.4 Å². The highest BCUT2D eigenvalue weighted by atomic mass is 32.2. The van der Waals surface area contributed by atoms with Crippen LogP contribution in [0.25, 0.3) is 11.0 Å². The summed E-state index contributed by atoms with van der Waals surface area (Å²) in [6.07, 6.45) is 3.83. The van der Waals surface area contributed by atoms with Gasteiger partial charge in [-0.1, -0.05) is 18.2 Å². The molecule has 8 bridgehead atoms. The Labute approximate surface area is 267 Å². The molecule has 0 spiro atoms. The molecule has 9 nitrogen and oxygen atoms in total. The van der Waals surface area contributed by atoms with E-state index in [-0.39, 0.29) is 40.5 Å². The minimum atomic E-state index is -3.33. The fourth-order valence-electron chi connectivity index (χ4n) is 7.13. The Morgan fingerprint density at radius 3 is 2.52 bits per heavy atom. The first-order chi connectivity index (χ1) is 21.9. The highest BCUT2D eigenvalue weighted by molar-refractivity contribution is 7.91. The number of nitrogens with one attached hydrogen (secondary N) is 1. The predicted octanol–water partition coefficient (Wildman–Crippen LogP) is 5.40. The van der Waals surface area contributed by atoms with E-state index in [1.165, 1.54) is 24.5 Å². The van der Waals surface area contributed by atoms with Crippen LogP contribution >= 0.6 is 0 Å². The van der Waals surface area contributed by atoms with Crippen LogP contribution in [-0.2, 0) is 27.0 Å². The summed E-state index contributed by atoms with van der Waals surface area (Å²) in [4.78, 5) is 24.9. The molecule has 46 heavy (non-hydrogen) atoms. The summed E-state index contributed by atoms with van der Waals surface area (Å²) in [5.41, 5.74) is 0.107. The average Bonchev–Trinajstić information content (AvgIpc) is 2.98. The molecule has 0 saturated carbocycles. The molecule has 4 aliphatic heterocycles. The number of aryl methyl sites for hydroxylation is 1. The van der Waals surface area contributed by atoms with Crippen molar-refractivity contribution in [3.05, 3.63) is 63.5 Å². The van der Waals surface area contributed by atoms with Crippen LogP contribution in [0.1, 0.15) is 81.0 Å². The minimum Gasteiger partial charge on any atom is -0.381 e. The molecule has 2 saturated heterocycles. The second kappa shape index (κ2) is 13.2. The van der Waals surface area contributed by atoms with E-state index in [2.05, 4.69) is 27.1 Å². The third-order valence-electron chi connectivity index (χ3n) is 9.88. The monoisotopic (exact) mass is 661 g/mol. The van der Waals surface area contributed by atoms with E-state index in [1.807, 2.05) is 0 Å². The SMILES string of the molecule is CC1CCCOCCCn2c(=O)c(C3CCS(=O)(=O)CC3)cc3c(ncnc32)N[C@H](C)c2cccc(c2F)C(F)(F)CC2CN1C2.